The van der Waals surface area contributed by atoms with Crippen LogP contribution in [0.25, 0.3) is 0 Å². The minimum atomic E-state index is 0.0435. The summed E-state index contributed by atoms with van der Waals surface area (Å²) in [4.78, 5) is 6.38. The summed E-state index contributed by atoms with van der Waals surface area (Å²) in [6, 6.07) is 27.4. The topological polar surface area (TPSA) is 12.5 Å². The Hall–Kier alpha value is -1.62. The van der Waals surface area contributed by atoms with E-state index in [2.05, 4.69) is 97.6 Å². The molecule has 4 heteroatoms. The Balaban J connectivity index is 1.68. The lowest BCUT2D eigenvalue weighted by Crippen LogP contribution is -2.21. The van der Waals surface area contributed by atoms with Gasteiger partial charge in [-0.25, -0.2) is 5.06 Å². The number of hydrogen-bond donors (Lipinski definition) is 0. The Bertz CT molecular complexity index is 834. The molecule has 3 aromatic carbocycles. The number of nitrogens with zero attached hydrogens (tertiary/aromatic N) is 1. The summed E-state index contributed by atoms with van der Waals surface area (Å²) >= 11 is 7.02. The Kier molecular flexibility index (Phi) is 4.93. The SMILES string of the molecule is Brc1ccc([C@H]2C[C@@H](c3ccc(Br)cc3)N(c3ccccc3)O2)cc1. The maximum atomic E-state index is 6.38. The largest absolute Gasteiger partial charge is 0.265 e. The highest BCUT2D eigenvalue weighted by atomic mass is 79.9. The molecule has 1 fully saturated rings. The van der Waals surface area contributed by atoms with Gasteiger partial charge >= 0.3 is 0 Å². The molecule has 1 aliphatic rings. The molecular weight excluding hydrogens is 442 g/mol. The molecule has 0 unspecified atom stereocenters. The summed E-state index contributed by atoms with van der Waals surface area (Å²) in [5.41, 5.74) is 3.53. The molecule has 0 aromatic heterocycles. The summed E-state index contributed by atoms with van der Waals surface area (Å²) in [5, 5.41) is 2.05. The number of halogens is 2. The van der Waals surface area contributed by atoms with Crippen molar-refractivity contribution in [3.63, 3.8) is 0 Å². The van der Waals surface area contributed by atoms with Gasteiger partial charge in [0.15, 0.2) is 0 Å². The molecule has 126 valence electrons. The highest BCUT2D eigenvalue weighted by molar-refractivity contribution is 9.10. The highest BCUT2D eigenvalue weighted by Gasteiger charge is 2.35. The van der Waals surface area contributed by atoms with Crippen molar-refractivity contribution in [3.8, 4) is 0 Å². The fourth-order valence-electron chi connectivity index (χ4n) is 3.20. The van der Waals surface area contributed by atoms with Crippen LogP contribution < -0.4 is 5.06 Å². The lowest BCUT2D eigenvalue weighted by molar-refractivity contribution is 0.0836. The van der Waals surface area contributed by atoms with E-state index in [1.807, 2.05) is 18.2 Å². The molecule has 2 nitrogen and oxygen atoms in total. The van der Waals surface area contributed by atoms with Gasteiger partial charge in [0.25, 0.3) is 0 Å². The van der Waals surface area contributed by atoms with Crippen molar-refractivity contribution >= 4 is 37.5 Å². The van der Waals surface area contributed by atoms with Crippen molar-refractivity contribution in [1.82, 2.24) is 0 Å². The van der Waals surface area contributed by atoms with Crippen molar-refractivity contribution in [2.45, 2.75) is 18.6 Å². The van der Waals surface area contributed by atoms with Crippen LogP contribution in [-0.4, -0.2) is 0 Å². The number of benzene rings is 3. The number of hydroxylamine groups is 1. The van der Waals surface area contributed by atoms with Crippen LogP contribution in [0.2, 0.25) is 0 Å². The maximum absolute atomic E-state index is 6.38. The number of anilines is 1. The van der Waals surface area contributed by atoms with Crippen molar-refractivity contribution in [2.24, 2.45) is 0 Å². The van der Waals surface area contributed by atoms with E-state index in [0.717, 1.165) is 21.1 Å². The first-order valence-corrected chi connectivity index (χ1v) is 9.81. The molecule has 1 saturated heterocycles. The number of rotatable bonds is 3. The summed E-state index contributed by atoms with van der Waals surface area (Å²) < 4.78 is 2.17. The molecule has 0 bridgehead atoms. The van der Waals surface area contributed by atoms with E-state index >= 15 is 0 Å². The first-order chi connectivity index (χ1) is 12.2. The van der Waals surface area contributed by atoms with Crippen molar-refractivity contribution in [3.05, 3.63) is 98.9 Å². The zero-order valence-corrected chi connectivity index (χ0v) is 16.7. The van der Waals surface area contributed by atoms with Crippen molar-refractivity contribution in [2.75, 3.05) is 5.06 Å². The molecule has 0 saturated carbocycles. The molecule has 1 heterocycles. The van der Waals surface area contributed by atoms with Gasteiger partial charge in [-0.05, 0) is 47.5 Å². The van der Waals surface area contributed by atoms with Crippen LogP contribution in [0.15, 0.2) is 87.8 Å². The van der Waals surface area contributed by atoms with Gasteiger partial charge in [0, 0.05) is 15.4 Å². The molecule has 0 amide bonds. The van der Waals surface area contributed by atoms with Gasteiger partial charge in [0.2, 0.25) is 0 Å². The first-order valence-electron chi connectivity index (χ1n) is 8.23. The molecule has 2 atom stereocenters. The normalized spacial score (nSPS) is 20.0. The minimum absolute atomic E-state index is 0.0435. The van der Waals surface area contributed by atoms with E-state index in [0.29, 0.717) is 0 Å². The van der Waals surface area contributed by atoms with Crippen molar-refractivity contribution < 1.29 is 4.84 Å². The van der Waals surface area contributed by atoms with Gasteiger partial charge < -0.3 is 0 Å². The van der Waals surface area contributed by atoms with Crippen molar-refractivity contribution in [1.29, 1.82) is 0 Å². The molecule has 25 heavy (non-hydrogen) atoms. The van der Waals surface area contributed by atoms with E-state index in [1.54, 1.807) is 0 Å². The van der Waals surface area contributed by atoms with Gasteiger partial charge in [-0.2, -0.15) is 0 Å². The van der Waals surface area contributed by atoms with E-state index in [1.165, 1.54) is 11.1 Å². The Morgan fingerprint density at radius 3 is 1.88 bits per heavy atom. The van der Waals surface area contributed by atoms with E-state index in [4.69, 9.17) is 4.84 Å². The van der Waals surface area contributed by atoms with Crippen LogP contribution in [0.1, 0.15) is 29.7 Å². The molecular formula is C21H17Br2NO. The number of hydrogen-bond acceptors (Lipinski definition) is 2. The third kappa shape index (κ3) is 3.66. The average Bonchev–Trinajstić information content (AvgIpc) is 3.09. The summed E-state index contributed by atoms with van der Waals surface area (Å²) in [5.74, 6) is 0. The zero-order chi connectivity index (χ0) is 17.2. The third-order valence-corrected chi connectivity index (χ3v) is 5.53. The molecule has 0 N–H and O–H groups in total. The van der Waals surface area contributed by atoms with E-state index in [-0.39, 0.29) is 12.1 Å². The van der Waals surface area contributed by atoms with Crippen LogP contribution in [-0.2, 0) is 4.84 Å². The molecule has 0 aliphatic carbocycles. The van der Waals surface area contributed by atoms with Gasteiger partial charge in [-0.1, -0.05) is 74.3 Å². The maximum Gasteiger partial charge on any atom is 0.113 e. The molecule has 1 aliphatic heterocycles. The minimum Gasteiger partial charge on any atom is -0.265 e. The molecule has 3 aromatic rings. The lowest BCUT2D eigenvalue weighted by atomic mass is 9.98. The van der Waals surface area contributed by atoms with Crippen LogP contribution in [0.5, 0.6) is 0 Å². The van der Waals surface area contributed by atoms with Crippen LogP contribution in [0.4, 0.5) is 5.69 Å². The Morgan fingerprint density at radius 2 is 1.28 bits per heavy atom. The quantitative estimate of drug-likeness (QED) is 0.426. The summed E-state index contributed by atoms with van der Waals surface area (Å²) in [6.07, 6.45) is 0.958. The Morgan fingerprint density at radius 1 is 0.720 bits per heavy atom. The highest BCUT2D eigenvalue weighted by Crippen LogP contribution is 2.44. The van der Waals surface area contributed by atoms with Gasteiger partial charge in [-0.3, -0.25) is 4.84 Å². The second kappa shape index (κ2) is 7.32. The lowest BCUT2D eigenvalue weighted by Gasteiger charge is -2.25. The molecule has 0 radical (unpaired) electrons. The summed E-state index contributed by atoms with van der Waals surface area (Å²) in [6.45, 7) is 0. The fourth-order valence-corrected chi connectivity index (χ4v) is 3.73. The second-order valence-corrected chi connectivity index (χ2v) is 7.94. The van der Waals surface area contributed by atoms with Gasteiger partial charge in [0.1, 0.15) is 6.10 Å². The first kappa shape index (κ1) is 16.8. The smallest absolute Gasteiger partial charge is 0.113 e. The van der Waals surface area contributed by atoms with Crippen LogP contribution >= 0.6 is 31.9 Å². The summed E-state index contributed by atoms with van der Waals surface area (Å²) in [7, 11) is 0. The second-order valence-electron chi connectivity index (χ2n) is 6.11. The standard InChI is InChI=1S/C21H17Br2NO/c22-17-10-6-15(7-11-17)20-14-21(16-8-12-18(23)13-9-16)25-24(20)19-4-2-1-3-5-19/h1-13,20-21H,14H2/t20-,21+/m0/s1. The Labute approximate surface area is 164 Å². The third-order valence-electron chi connectivity index (χ3n) is 4.47. The van der Waals surface area contributed by atoms with E-state index in [9.17, 15) is 0 Å². The van der Waals surface area contributed by atoms with Crippen LogP contribution in [0.3, 0.4) is 0 Å². The molecule has 0 spiro atoms. The van der Waals surface area contributed by atoms with Crippen LogP contribution in [0, 0.1) is 0 Å². The van der Waals surface area contributed by atoms with Gasteiger partial charge in [0.05, 0.1) is 11.7 Å². The van der Waals surface area contributed by atoms with E-state index < -0.39 is 0 Å². The number of para-hydroxylation sites is 1. The average molecular weight is 459 g/mol. The monoisotopic (exact) mass is 457 g/mol. The predicted molar refractivity (Wildman–Crippen MR) is 108 cm³/mol. The van der Waals surface area contributed by atoms with Gasteiger partial charge in [-0.15, -0.1) is 0 Å². The zero-order valence-electron chi connectivity index (χ0n) is 13.5. The fraction of sp³-hybridized carbons (Fsp3) is 0.143. The predicted octanol–water partition coefficient (Wildman–Crippen LogP) is 6.84. The molecule has 4 rings (SSSR count).